The van der Waals surface area contributed by atoms with E-state index in [-0.39, 0.29) is 23.8 Å². The van der Waals surface area contributed by atoms with Crippen molar-refractivity contribution in [3.63, 3.8) is 0 Å². The zero-order valence-corrected chi connectivity index (χ0v) is 11.2. The van der Waals surface area contributed by atoms with Crippen LogP contribution in [0.1, 0.15) is 24.6 Å². The number of rotatable bonds is 4. The first kappa shape index (κ1) is 12.7. The number of methoxy groups -OCH3 is 1. The predicted octanol–water partition coefficient (Wildman–Crippen LogP) is 0.797. The van der Waals surface area contributed by atoms with Crippen molar-refractivity contribution in [2.45, 2.75) is 25.4 Å². The summed E-state index contributed by atoms with van der Waals surface area (Å²) in [6.07, 6.45) is 3.57. The fourth-order valence-corrected chi connectivity index (χ4v) is 2.13. The molecule has 2 aromatic rings. The van der Waals surface area contributed by atoms with Crippen LogP contribution in [0, 0.1) is 0 Å². The standard InChI is InChI=1S/C14H15N3O3/c1-20-12-4-2-3-10(15-12)9-17-13(18)7-8-16(14(17)19)11-5-6-11/h2-4,7-8,11H,5-6,9H2,1H3. The van der Waals surface area contributed by atoms with Crippen LogP contribution >= 0.6 is 0 Å². The van der Waals surface area contributed by atoms with Gasteiger partial charge in [0, 0.05) is 24.4 Å². The smallest absolute Gasteiger partial charge is 0.331 e. The van der Waals surface area contributed by atoms with Crippen LogP contribution in [0.2, 0.25) is 0 Å². The second kappa shape index (κ2) is 4.96. The molecule has 0 aromatic carbocycles. The molecule has 3 rings (SSSR count). The lowest BCUT2D eigenvalue weighted by Crippen LogP contribution is -2.39. The monoisotopic (exact) mass is 273 g/mol. The van der Waals surface area contributed by atoms with Gasteiger partial charge in [0.1, 0.15) is 0 Å². The van der Waals surface area contributed by atoms with E-state index >= 15 is 0 Å². The lowest BCUT2D eigenvalue weighted by Gasteiger charge is -2.09. The van der Waals surface area contributed by atoms with E-state index in [1.54, 1.807) is 29.0 Å². The second-order valence-corrected chi connectivity index (χ2v) is 4.83. The summed E-state index contributed by atoms with van der Waals surface area (Å²) in [6.45, 7) is 0.155. The molecule has 0 bridgehead atoms. The van der Waals surface area contributed by atoms with Crippen molar-refractivity contribution >= 4 is 0 Å². The van der Waals surface area contributed by atoms with Crippen LogP contribution in [0.15, 0.2) is 40.1 Å². The van der Waals surface area contributed by atoms with Crippen LogP contribution in [0.4, 0.5) is 0 Å². The van der Waals surface area contributed by atoms with Crippen LogP contribution in [-0.2, 0) is 6.54 Å². The molecule has 20 heavy (non-hydrogen) atoms. The molecule has 0 aliphatic heterocycles. The normalized spacial score (nSPS) is 14.2. The van der Waals surface area contributed by atoms with Gasteiger partial charge in [-0.1, -0.05) is 6.07 Å². The highest BCUT2D eigenvalue weighted by Gasteiger charge is 2.25. The number of aromatic nitrogens is 3. The Morgan fingerprint density at radius 1 is 1.30 bits per heavy atom. The highest BCUT2D eigenvalue weighted by atomic mass is 16.5. The van der Waals surface area contributed by atoms with E-state index in [1.165, 1.54) is 17.7 Å². The first-order chi connectivity index (χ1) is 9.69. The summed E-state index contributed by atoms with van der Waals surface area (Å²) in [5, 5.41) is 0. The minimum atomic E-state index is -0.309. The van der Waals surface area contributed by atoms with Gasteiger partial charge in [-0.25, -0.2) is 9.78 Å². The molecular formula is C14H15N3O3. The van der Waals surface area contributed by atoms with E-state index in [0.29, 0.717) is 11.6 Å². The summed E-state index contributed by atoms with van der Waals surface area (Å²) in [5.41, 5.74) is 0.0400. The van der Waals surface area contributed by atoms with Crippen molar-refractivity contribution in [1.82, 2.24) is 14.1 Å². The van der Waals surface area contributed by atoms with Gasteiger partial charge >= 0.3 is 5.69 Å². The third-order valence-corrected chi connectivity index (χ3v) is 3.35. The van der Waals surface area contributed by atoms with Crippen LogP contribution in [0.3, 0.4) is 0 Å². The molecule has 0 N–H and O–H groups in total. The minimum absolute atomic E-state index is 0.155. The second-order valence-electron chi connectivity index (χ2n) is 4.83. The van der Waals surface area contributed by atoms with Gasteiger partial charge in [-0.2, -0.15) is 0 Å². The Labute approximate surface area is 115 Å². The minimum Gasteiger partial charge on any atom is -0.481 e. The number of pyridine rings is 1. The lowest BCUT2D eigenvalue weighted by atomic mass is 10.3. The van der Waals surface area contributed by atoms with Gasteiger partial charge in [0.05, 0.1) is 19.3 Å². The SMILES string of the molecule is COc1cccc(Cn2c(=O)ccn(C3CC3)c2=O)n1. The predicted molar refractivity (Wildman–Crippen MR) is 73.1 cm³/mol. The number of hydrogen-bond acceptors (Lipinski definition) is 4. The third kappa shape index (κ3) is 2.36. The average molecular weight is 273 g/mol. The molecule has 6 nitrogen and oxygen atoms in total. The van der Waals surface area contributed by atoms with Crippen molar-refractivity contribution < 1.29 is 4.74 Å². The molecular weight excluding hydrogens is 258 g/mol. The molecule has 104 valence electrons. The Hall–Kier alpha value is -2.37. The van der Waals surface area contributed by atoms with Gasteiger partial charge < -0.3 is 4.74 Å². The number of hydrogen-bond donors (Lipinski definition) is 0. The molecule has 1 fully saturated rings. The summed E-state index contributed by atoms with van der Waals surface area (Å²) in [4.78, 5) is 28.4. The van der Waals surface area contributed by atoms with Crippen LogP contribution in [-0.4, -0.2) is 21.2 Å². The van der Waals surface area contributed by atoms with E-state index in [0.717, 1.165) is 12.8 Å². The maximum Gasteiger partial charge on any atom is 0.331 e. The third-order valence-electron chi connectivity index (χ3n) is 3.35. The zero-order chi connectivity index (χ0) is 14.1. The van der Waals surface area contributed by atoms with Gasteiger partial charge in [-0.05, 0) is 18.9 Å². The molecule has 0 spiro atoms. The van der Waals surface area contributed by atoms with Gasteiger partial charge in [0.15, 0.2) is 0 Å². The van der Waals surface area contributed by atoms with E-state index in [1.807, 2.05) is 0 Å². The average Bonchev–Trinajstić information content (AvgIpc) is 3.28. The van der Waals surface area contributed by atoms with E-state index in [2.05, 4.69) is 4.98 Å². The highest BCUT2D eigenvalue weighted by molar-refractivity contribution is 5.16. The molecule has 2 heterocycles. The largest absolute Gasteiger partial charge is 0.481 e. The van der Waals surface area contributed by atoms with Crippen molar-refractivity contribution in [3.05, 3.63) is 57.0 Å². The molecule has 1 aliphatic carbocycles. The molecule has 1 aliphatic rings. The molecule has 0 atom stereocenters. The molecule has 0 unspecified atom stereocenters. The zero-order valence-electron chi connectivity index (χ0n) is 11.2. The Morgan fingerprint density at radius 3 is 2.80 bits per heavy atom. The fraction of sp³-hybridized carbons (Fsp3) is 0.357. The molecule has 2 aromatic heterocycles. The Bertz CT molecular complexity index is 744. The Morgan fingerprint density at radius 2 is 2.10 bits per heavy atom. The lowest BCUT2D eigenvalue weighted by molar-refractivity contribution is 0.395. The van der Waals surface area contributed by atoms with Crippen LogP contribution < -0.4 is 16.0 Å². The molecule has 1 saturated carbocycles. The first-order valence-electron chi connectivity index (χ1n) is 6.51. The summed E-state index contributed by atoms with van der Waals surface area (Å²) >= 11 is 0. The molecule has 0 amide bonds. The van der Waals surface area contributed by atoms with Crippen LogP contribution in [0.25, 0.3) is 0 Å². The maximum atomic E-state index is 12.3. The summed E-state index contributed by atoms with van der Waals surface area (Å²) < 4.78 is 7.88. The maximum absolute atomic E-state index is 12.3. The van der Waals surface area contributed by atoms with E-state index < -0.39 is 0 Å². The quantitative estimate of drug-likeness (QED) is 0.826. The van der Waals surface area contributed by atoms with Gasteiger partial charge in [-0.3, -0.25) is 13.9 Å². The van der Waals surface area contributed by atoms with Crippen molar-refractivity contribution in [1.29, 1.82) is 0 Å². The van der Waals surface area contributed by atoms with Crippen molar-refractivity contribution in [2.75, 3.05) is 7.11 Å². The van der Waals surface area contributed by atoms with Crippen molar-refractivity contribution in [3.8, 4) is 5.88 Å². The van der Waals surface area contributed by atoms with Crippen molar-refractivity contribution in [2.24, 2.45) is 0 Å². The summed E-state index contributed by atoms with van der Waals surface area (Å²) in [7, 11) is 1.53. The van der Waals surface area contributed by atoms with Gasteiger partial charge in [0.25, 0.3) is 5.56 Å². The highest BCUT2D eigenvalue weighted by Crippen LogP contribution is 2.32. The number of nitrogens with zero attached hydrogens (tertiary/aromatic N) is 3. The molecule has 6 heteroatoms. The topological polar surface area (TPSA) is 66.1 Å². The molecule has 0 radical (unpaired) electrons. The Kier molecular flexibility index (Phi) is 3.14. The summed E-state index contributed by atoms with van der Waals surface area (Å²) in [5.74, 6) is 0.467. The molecule has 0 saturated heterocycles. The fourth-order valence-electron chi connectivity index (χ4n) is 2.13. The van der Waals surface area contributed by atoms with E-state index in [4.69, 9.17) is 4.74 Å². The Balaban J connectivity index is 1.99. The van der Waals surface area contributed by atoms with E-state index in [9.17, 15) is 9.59 Å². The van der Waals surface area contributed by atoms with Gasteiger partial charge in [0.2, 0.25) is 5.88 Å². The first-order valence-corrected chi connectivity index (χ1v) is 6.51. The van der Waals surface area contributed by atoms with Gasteiger partial charge in [-0.15, -0.1) is 0 Å². The summed E-state index contributed by atoms with van der Waals surface area (Å²) in [6, 6.07) is 6.95. The van der Waals surface area contributed by atoms with Crippen LogP contribution in [0.5, 0.6) is 5.88 Å². The number of ether oxygens (including phenoxy) is 1.